The van der Waals surface area contributed by atoms with Crippen LogP contribution in [0.15, 0.2) is 0 Å². The lowest BCUT2D eigenvalue weighted by molar-refractivity contribution is -0.144. The average Bonchev–Trinajstić information content (AvgIpc) is 2.11. The fraction of sp³-hybridized carbons (Fsp3) is 0.900. The predicted molar refractivity (Wildman–Crippen MR) is 62.8 cm³/mol. The Morgan fingerprint density at radius 3 is 2.67 bits per heavy atom. The van der Waals surface area contributed by atoms with Crippen LogP contribution in [0, 0.1) is 0 Å². The average molecular weight is 235 g/mol. The zero-order valence-electron chi connectivity index (χ0n) is 9.66. The van der Waals surface area contributed by atoms with E-state index in [1.807, 2.05) is 0 Å². The fourth-order valence-electron chi connectivity index (χ4n) is 0.850. The highest BCUT2D eigenvalue weighted by molar-refractivity contribution is 7.99. The molecule has 0 aliphatic carbocycles. The van der Waals surface area contributed by atoms with Crippen molar-refractivity contribution in [1.29, 1.82) is 0 Å². The summed E-state index contributed by atoms with van der Waals surface area (Å²) in [5, 5.41) is 9.44. The number of carbonyl (C=O) groups excluding carboxylic acids is 1. The van der Waals surface area contributed by atoms with E-state index in [-0.39, 0.29) is 5.97 Å². The summed E-state index contributed by atoms with van der Waals surface area (Å²) < 4.78 is 4.77. The maximum Gasteiger partial charge on any atom is 0.323 e. The van der Waals surface area contributed by atoms with Crippen LogP contribution in [-0.2, 0) is 9.53 Å². The highest BCUT2D eigenvalue weighted by atomic mass is 32.2. The molecule has 0 aromatic carbocycles. The molecule has 0 saturated heterocycles. The Labute approximate surface area is 95.6 Å². The summed E-state index contributed by atoms with van der Waals surface area (Å²) in [4.78, 5) is 11.1. The van der Waals surface area contributed by atoms with Crippen LogP contribution in [0.2, 0.25) is 0 Å². The number of aliphatic hydroxyl groups is 1. The smallest absolute Gasteiger partial charge is 0.323 e. The standard InChI is InChI=1S/C10H21NO3S/c1-4-14-9(12)8(11)7-15-6-5-10(2,3)13/h8,13H,4-7,11H2,1-3H3. The second-order valence-corrected chi connectivity index (χ2v) is 5.15. The highest BCUT2D eigenvalue weighted by Crippen LogP contribution is 2.13. The Bertz CT molecular complexity index is 192. The third-order valence-corrected chi connectivity index (χ3v) is 2.83. The predicted octanol–water partition coefficient (Wildman–Crippen LogP) is 0.771. The highest BCUT2D eigenvalue weighted by Gasteiger charge is 2.16. The van der Waals surface area contributed by atoms with Gasteiger partial charge in [-0.25, -0.2) is 0 Å². The molecule has 0 saturated carbocycles. The Morgan fingerprint density at radius 1 is 1.60 bits per heavy atom. The Morgan fingerprint density at radius 2 is 2.20 bits per heavy atom. The van der Waals surface area contributed by atoms with Gasteiger partial charge in [-0.1, -0.05) is 0 Å². The lowest BCUT2D eigenvalue weighted by Gasteiger charge is -2.16. The Kier molecular flexibility index (Phi) is 6.96. The van der Waals surface area contributed by atoms with E-state index < -0.39 is 11.6 Å². The summed E-state index contributed by atoms with van der Waals surface area (Å²) in [7, 11) is 0. The van der Waals surface area contributed by atoms with Gasteiger partial charge in [-0.3, -0.25) is 4.79 Å². The second-order valence-electron chi connectivity index (χ2n) is 4.00. The van der Waals surface area contributed by atoms with Gasteiger partial charge in [0.15, 0.2) is 0 Å². The van der Waals surface area contributed by atoms with Gasteiger partial charge in [0.2, 0.25) is 0 Å². The number of rotatable bonds is 7. The minimum Gasteiger partial charge on any atom is -0.465 e. The van der Waals surface area contributed by atoms with Gasteiger partial charge in [0.05, 0.1) is 12.2 Å². The largest absolute Gasteiger partial charge is 0.465 e. The molecule has 0 heterocycles. The van der Waals surface area contributed by atoms with Crippen molar-refractivity contribution in [3.05, 3.63) is 0 Å². The first-order valence-electron chi connectivity index (χ1n) is 5.09. The molecule has 0 radical (unpaired) electrons. The second kappa shape index (κ2) is 7.09. The molecule has 15 heavy (non-hydrogen) atoms. The molecule has 90 valence electrons. The van der Waals surface area contributed by atoms with Crippen molar-refractivity contribution in [2.45, 2.75) is 38.8 Å². The summed E-state index contributed by atoms with van der Waals surface area (Å²) in [6, 6.07) is -0.559. The number of thioether (sulfide) groups is 1. The minimum atomic E-state index is -0.652. The van der Waals surface area contributed by atoms with E-state index in [1.54, 1.807) is 32.5 Å². The third kappa shape index (κ3) is 8.72. The maximum absolute atomic E-state index is 11.1. The molecule has 4 nitrogen and oxygen atoms in total. The molecule has 5 heteroatoms. The van der Waals surface area contributed by atoms with E-state index in [2.05, 4.69) is 0 Å². The Balaban J connectivity index is 3.55. The third-order valence-electron chi connectivity index (χ3n) is 1.74. The lowest BCUT2D eigenvalue weighted by atomic mass is 10.1. The van der Waals surface area contributed by atoms with E-state index in [1.165, 1.54) is 0 Å². The first-order valence-corrected chi connectivity index (χ1v) is 6.24. The monoisotopic (exact) mass is 235 g/mol. The van der Waals surface area contributed by atoms with E-state index in [9.17, 15) is 9.90 Å². The van der Waals surface area contributed by atoms with Crippen LogP contribution >= 0.6 is 11.8 Å². The topological polar surface area (TPSA) is 72.5 Å². The molecule has 3 N–H and O–H groups in total. The van der Waals surface area contributed by atoms with Crippen LogP contribution in [0.1, 0.15) is 27.2 Å². The molecule has 0 aromatic heterocycles. The molecule has 0 rings (SSSR count). The molecule has 0 fully saturated rings. The molecular weight excluding hydrogens is 214 g/mol. The van der Waals surface area contributed by atoms with Gasteiger partial charge in [-0.15, -0.1) is 0 Å². The molecule has 1 unspecified atom stereocenters. The van der Waals surface area contributed by atoms with Crippen LogP contribution in [-0.4, -0.2) is 40.8 Å². The summed E-state index contributed by atoms with van der Waals surface area (Å²) in [5.74, 6) is 0.971. The number of hydrogen-bond acceptors (Lipinski definition) is 5. The maximum atomic E-state index is 11.1. The van der Waals surface area contributed by atoms with Crippen LogP contribution in [0.4, 0.5) is 0 Å². The van der Waals surface area contributed by atoms with Crippen molar-refractivity contribution < 1.29 is 14.6 Å². The van der Waals surface area contributed by atoms with Gasteiger partial charge < -0.3 is 15.6 Å². The number of carbonyl (C=O) groups is 1. The van der Waals surface area contributed by atoms with Gasteiger partial charge in [0.1, 0.15) is 6.04 Å². The summed E-state index contributed by atoms with van der Waals surface area (Å²) in [6.45, 7) is 5.64. The van der Waals surface area contributed by atoms with Gasteiger partial charge in [0.25, 0.3) is 0 Å². The van der Waals surface area contributed by atoms with Gasteiger partial charge >= 0.3 is 5.97 Å². The Hall–Kier alpha value is -0.260. The summed E-state index contributed by atoms with van der Waals surface area (Å²) in [6.07, 6.45) is 0.688. The molecule has 0 spiro atoms. The fourth-order valence-corrected chi connectivity index (χ4v) is 2.05. The van der Waals surface area contributed by atoms with Crippen molar-refractivity contribution in [3.63, 3.8) is 0 Å². The SMILES string of the molecule is CCOC(=O)C(N)CSCCC(C)(C)O. The van der Waals surface area contributed by atoms with Gasteiger partial charge in [0, 0.05) is 5.75 Å². The summed E-state index contributed by atoms with van der Waals surface area (Å²) >= 11 is 1.56. The molecule has 0 bridgehead atoms. The molecule has 0 amide bonds. The van der Waals surface area contributed by atoms with Crippen LogP contribution < -0.4 is 5.73 Å². The molecular formula is C10H21NO3S. The van der Waals surface area contributed by atoms with E-state index in [4.69, 9.17) is 10.5 Å². The van der Waals surface area contributed by atoms with Crippen molar-refractivity contribution >= 4 is 17.7 Å². The van der Waals surface area contributed by atoms with Crippen LogP contribution in [0.5, 0.6) is 0 Å². The van der Waals surface area contributed by atoms with E-state index >= 15 is 0 Å². The van der Waals surface area contributed by atoms with E-state index in [0.717, 1.165) is 5.75 Å². The van der Waals surface area contributed by atoms with Crippen molar-refractivity contribution in [3.8, 4) is 0 Å². The van der Waals surface area contributed by atoms with Crippen LogP contribution in [0.3, 0.4) is 0 Å². The van der Waals surface area contributed by atoms with Crippen molar-refractivity contribution in [2.75, 3.05) is 18.1 Å². The van der Waals surface area contributed by atoms with Crippen molar-refractivity contribution in [1.82, 2.24) is 0 Å². The minimum absolute atomic E-state index is 0.353. The zero-order chi connectivity index (χ0) is 11.9. The quantitative estimate of drug-likeness (QED) is 0.504. The van der Waals surface area contributed by atoms with Crippen LogP contribution in [0.25, 0.3) is 0 Å². The number of esters is 1. The first-order chi connectivity index (χ1) is 6.87. The van der Waals surface area contributed by atoms with Crippen molar-refractivity contribution in [2.24, 2.45) is 5.73 Å². The summed E-state index contributed by atoms with van der Waals surface area (Å²) in [5.41, 5.74) is 4.94. The molecule has 0 aromatic rings. The molecule has 1 atom stereocenters. The lowest BCUT2D eigenvalue weighted by Crippen LogP contribution is -2.34. The normalized spacial score (nSPS) is 13.7. The number of hydrogen-bond donors (Lipinski definition) is 2. The van der Waals surface area contributed by atoms with Gasteiger partial charge in [-0.2, -0.15) is 11.8 Å². The number of ether oxygens (including phenoxy) is 1. The molecule has 0 aliphatic heterocycles. The molecule has 0 aliphatic rings. The van der Waals surface area contributed by atoms with Gasteiger partial charge in [-0.05, 0) is 32.9 Å². The first kappa shape index (κ1) is 14.7. The number of nitrogens with two attached hydrogens (primary N) is 1. The zero-order valence-corrected chi connectivity index (χ0v) is 10.5. The van der Waals surface area contributed by atoms with E-state index in [0.29, 0.717) is 18.8 Å².